The number of nitrogens with one attached hydrogen (secondary N) is 1. The van der Waals surface area contributed by atoms with Crippen molar-refractivity contribution in [1.82, 2.24) is 0 Å². The van der Waals surface area contributed by atoms with E-state index in [1.54, 1.807) is 4.90 Å². The van der Waals surface area contributed by atoms with Crippen LogP contribution in [0.4, 0.5) is 11.4 Å². The molecule has 5 heteroatoms. The van der Waals surface area contributed by atoms with Gasteiger partial charge in [0, 0.05) is 17.4 Å². The molecule has 0 saturated carbocycles. The molecule has 1 N–H and O–H groups in total. The van der Waals surface area contributed by atoms with Gasteiger partial charge in [-0.15, -0.1) is 11.8 Å². The molecule has 3 aromatic rings. The van der Waals surface area contributed by atoms with Gasteiger partial charge < -0.3 is 10.2 Å². The highest BCUT2D eigenvalue weighted by atomic mass is 32.2. The second-order valence-electron chi connectivity index (χ2n) is 6.68. The Morgan fingerprint density at radius 2 is 1.81 bits per heavy atom. The highest BCUT2D eigenvalue weighted by molar-refractivity contribution is 8.00. The quantitative estimate of drug-likeness (QED) is 0.674. The molecule has 2 amide bonds. The number of benzene rings is 3. The third-order valence-electron chi connectivity index (χ3n) is 4.71. The number of nitrogens with zero attached hydrogens (tertiary/aromatic N) is 1. The van der Waals surface area contributed by atoms with Crippen molar-refractivity contribution in [2.75, 3.05) is 16.0 Å². The van der Waals surface area contributed by atoms with E-state index in [0.29, 0.717) is 17.9 Å². The van der Waals surface area contributed by atoms with Crippen LogP contribution < -0.4 is 10.2 Å². The number of amides is 2. The molecule has 1 aliphatic rings. The van der Waals surface area contributed by atoms with Gasteiger partial charge in [0.2, 0.25) is 11.8 Å². The molecule has 4 rings (SSSR count). The molecule has 0 unspecified atom stereocenters. The minimum Gasteiger partial charge on any atom is -0.324 e. The maximum absolute atomic E-state index is 13.0. The zero-order chi connectivity index (χ0) is 18.8. The van der Waals surface area contributed by atoms with E-state index in [1.165, 1.54) is 22.5 Å². The summed E-state index contributed by atoms with van der Waals surface area (Å²) in [7, 11) is 0. The van der Waals surface area contributed by atoms with Crippen LogP contribution in [0.25, 0.3) is 10.8 Å². The van der Waals surface area contributed by atoms with Crippen molar-refractivity contribution in [1.29, 1.82) is 0 Å². The Bertz CT molecular complexity index is 1020. The zero-order valence-corrected chi connectivity index (χ0v) is 15.8. The van der Waals surface area contributed by atoms with Gasteiger partial charge in [0.25, 0.3) is 0 Å². The van der Waals surface area contributed by atoms with E-state index in [4.69, 9.17) is 0 Å². The average molecular weight is 376 g/mol. The van der Waals surface area contributed by atoms with Crippen LogP contribution >= 0.6 is 11.8 Å². The van der Waals surface area contributed by atoms with E-state index < -0.39 is 0 Å². The third kappa shape index (κ3) is 3.69. The van der Waals surface area contributed by atoms with Crippen LogP contribution in [0.3, 0.4) is 0 Å². The summed E-state index contributed by atoms with van der Waals surface area (Å²) < 4.78 is 0. The molecule has 0 bridgehead atoms. The van der Waals surface area contributed by atoms with E-state index >= 15 is 0 Å². The lowest BCUT2D eigenvalue weighted by molar-refractivity contribution is -0.117. The topological polar surface area (TPSA) is 49.4 Å². The maximum Gasteiger partial charge on any atom is 0.237 e. The Morgan fingerprint density at radius 1 is 1.07 bits per heavy atom. The molecule has 0 radical (unpaired) electrons. The van der Waals surface area contributed by atoms with Gasteiger partial charge in [-0.05, 0) is 42.0 Å². The summed E-state index contributed by atoms with van der Waals surface area (Å²) >= 11 is 1.52. The van der Waals surface area contributed by atoms with Crippen molar-refractivity contribution < 1.29 is 9.59 Å². The first-order valence-electron chi connectivity index (χ1n) is 8.94. The first-order chi connectivity index (χ1) is 13.1. The van der Waals surface area contributed by atoms with Crippen molar-refractivity contribution >= 4 is 45.7 Å². The van der Waals surface area contributed by atoms with Crippen LogP contribution in [0.15, 0.2) is 71.6 Å². The van der Waals surface area contributed by atoms with Crippen LogP contribution in [0.1, 0.15) is 13.3 Å². The molecule has 0 aliphatic carbocycles. The van der Waals surface area contributed by atoms with E-state index in [0.717, 1.165) is 10.6 Å². The second-order valence-corrected chi connectivity index (χ2v) is 7.73. The number of para-hydroxylation sites is 2. The Morgan fingerprint density at radius 3 is 2.67 bits per heavy atom. The Kier molecular flexibility index (Phi) is 4.86. The number of hydrogen-bond acceptors (Lipinski definition) is 3. The fourth-order valence-corrected chi connectivity index (χ4v) is 4.24. The summed E-state index contributed by atoms with van der Waals surface area (Å²) in [5.74, 6) is 0.266. The van der Waals surface area contributed by atoms with E-state index in [-0.39, 0.29) is 17.9 Å². The van der Waals surface area contributed by atoms with Gasteiger partial charge in [-0.25, -0.2) is 0 Å². The average Bonchev–Trinajstić information content (AvgIpc) is 2.80. The number of anilines is 2. The largest absolute Gasteiger partial charge is 0.324 e. The number of rotatable bonds is 3. The minimum absolute atomic E-state index is 0.00427. The Balaban J connectivity index is 1.55. The molecule has 1 atom stereocenters. The lowest BCUT2D eigenvalue weighted by Crippen LogP contribution is -2.40. The fourth-order valence-electron chi connectivity index (χ4n) is 3.44. The van der Waals surface area contributed by atoms with Crippen molar-refractivity contribution in [2.24, 2.45) is 0 Å². The highest BCUT2D eigenvalue weighted by Gasteiger charge is 2.29. The first kappa shape index (κ1) is 17.6. The molecule has 0 spiro atoms. The SMILES string of the molecule is C[C@@H]1CC(=O)Nc2ccccc2N1C(=O)CSc1ccc2ccccc2c1. The lowest BCUT2D eigenvalue weighted by atomic mass is 10.1. The molecule has 0 aromatic heterocycles. The number of carbonyl (C=O) groups excluding carboxylic acids is 2. The van der Waals surface area contributed by atoms with E-state index in [2.05, 4.69) is 29.6 Å². The van der Waals surface area contributed by atoms with Gasteiger partial charge in [0.05, 0.1) is 17.1 Å². The van der Waals surface area contributed by atoms with Crippen LogP contribution in [0, 0.1) is 0 Å². The van der Waals surface area contributed by atoms with Crippen LogP contribution in [0.2, 0.25) is 0 Å². The molecule has 136 valence electrons. The Hall–Kier alpha value is -2.79. The monoisotopic (exact) mass is 376 g/mol. The molecule has 3 aromatic carbocycles. The zero-order valence-electron chi connectivity index (χ0n) is 15.0. The normalized spacial score (nSPS) is 16.6. The number of hydrogen-bond donors (Lipinski definition) is 1. The van der Waals surface area contributed by atoms with Gasteiger partial charge in [0.1, 0.15) is 0 Å². The summed E-state index contributed by atoms with van der Waals surface area (Å²) in [6.45, 7) is 1.92. The number of thioether (sulfide) groups is 1. The summed E-state index contributed by atoms with van der Waals surface area (Å²) in [6, 6.07) is 21.7. The molecule has 0 saturated heterocycles. The second kappa shape index (κ2) is 7.45. The molecular weight excluding hydrogens is 356 g/mol. The van der Waals surface area contributed by atoms with Crippen molar-refractivity contribution in [3.63, 3.8) is 0 Å². The number of fused-ring (bicyclic) bond motifs is 2. The summed E-state index contributed by atoms with van der Waals surface area (Å²) in [6.07, 6.45) is 0.293. The summed E-state index contributed by atoms with van der Waals surface area (Å²) in [5.41, 5.74) is 1.45. The third-order valence-corrected chi connectivity index (χ3v) is 5.69. The molecule has 27 heavy (non-hydrogen) atoms. The number of carbonyl (C=O) groups is 2. The van der Waals surface area contributed by atoms with Crippen LogP contribution in [-0.2, 0) is 9.59 Å². The first-order valence-corrected chi connectivity index (χ1v) is 9.93. The highest BCUT2D eigenvalue weighted by Crippen LogP contribution is 2.32. The van der Waals surface area contributed by atoms with Gasteiger partial charge in [0.15, 0.2) is 0 Å². The smallest absolute Gasteiger partial charge is 0.237 e. The standard InChI is InChI=1S/C22H20N2O2S/c1-15-12-21(25)23-19-8-4-5-9-20(19)24(15)22(26)14-27-18-11-10-16-6-2-3-7-17(16)13-18/h2-11,13,15H,12,14H2,1H3,(H,23,25)/t15-/m1/s1. The predicted octanol–water partition coefficient (Wildman–Crippen LogP) is 4.70. The van der Waals surface area contributed by atoms with Gasteiger partial charge in [-0.2, -0.15) is 0 Å². The van der Waals surface area contributed by atoms with Gasteiger partial charge in [-0.3, -0.25) is 9.59 Å². The summed E-state index contributed by atoms with van der Waals surface area (Å²) in [5, 5.41) is 5.24. The Labute approximate surface area is 162 Å². The molecule has 1 aliphatic heterocycles. The molecule has 4 nitrogen and oxygen atoms in total. The van der Waals surface area contributed by atoms with Crippen LogP contribution in [-0.4, -0.2) is 23.6 Å². The van der Waals surface area contributed by atoms with E-state index in [9.17, 15) is 9.59 Å². The fraction of sp³-hybridized carbons (Fsp3) is 0.182. The van der Waals surface area contributed by atoms with Crippen molar-refractivity contribution in [2.45, 2.75) is 24.3 Å². The van der Waals surface area contributed by atoms with Gasteiger partial charge in [-0.1, -0.05) is 42.5 Å². The van der Waals surface area contributed by atoms with Crippen molar-refractivity contribution in [3.05, 3.63) is 66.7 Å². The molecule has 0 fully saturated rings. The van der Waals surface area contributed by atoms with Crippen LogP contribution in [0.5, 0.6) is 0 Å². The maximum atomic E-state index is 13.0. The summed E-state index contributed by atoms with van der Waals surface area (Å²) in [4.78, 5) is 27.9. The van der Waals surface area contributed by atoms with Crippen molar-refractivity contribution in [3.8, 4) is 0 Å². The van der Waals surface area contributed by atoms with Gasteiger partial charge >= 0.3 is 0 Å². The molecular formula is C22H20N2O2S. The molecule has 1 heterocycles. The lowest BCUT2D eigenvalue weighted by Gasteiger charge is -2.27. The predicted molar refractivity (Wildman–Crippen MR) is 111 cm³/mol. The minimum atomic E-state index is -0.182. The van der Waals surface area contributed by atoms with E-state index in [1.807, 2.05) is 49.4 Å².